The Balaban J connectivity index is 0.00000288. The van der Waals surface area contributed by atoms with Crippen molar-refractivity contribution in [1.82, 2.24) is 10.6 Å². The minimum absolute atomic E-state index is 0. The maximum atomic E-state index is 11.8. The Morgan fingerprint density at radius 3 is 2.46 bits per heavy atom. The highest BCUT2D eigenvalue weighted by molar-refractivity contribution is 5.85. The van der Waals surface area contributed by atoms with E-state index in [2.05, 4.69) is 10.6 Å². The standard InChI is InChI=1S/C16H23N3O4.ClH/c1-16(2,10-19-15(21)9-18-14(20)8-17)11-3-4-12-13(7-11)23-6-5-22-12;/h3-4,7H,5-6,8-10,17H2,1-2H3,(H,18,20)(H,19,21);1H. The van der Waals surface area contributed by atoms with Crippen LogP contribution in [0.15, 0.2) is 18.2 Å². The number of benzene rings is 1. The van der Waals surface area contributed by atoms with Crippen molar-refractivity contribution in [2.45, 2.75) is 19.3 Å². The van der Waals surface area contributed by atoms with Crippen molar-refractivity contribution in [3.63, 3.8) is 0 Å². The van der Waals surface area contributed by atoms with Crippen LogP contribution < -0.4 is 25.8 Å². The topological polar surface area (TPSA) is 103 Å². The first-order valence-electron chi connectivity index (χ1n) is 7.56. The van der Waals surface area contributed by atoms with Crippen molar-refractivity contribution in [3.8, 4) is 11.5 Å². The molecule has 0 aliphatic carbocycles. The molecule has 1 heterocycles. The number of carbonyl (C=O) groups excluding carboxylic acids is 2. The molecule has 1 aliphatic heterocycles. The fraction of sp³-hybridized carbons (Fsp3) is 0.500. The summed E-state index contributed by atoms with van der Waals surface area (Å²) in [5.41, 5.74) is 5.91. The van der Waals surface area contributed by atoms with E-state index in [1.807, 2.05) is 32.0 Å². The summed E-state index contributed by atoms with van der Waals surface area (Å²) in [6.45, 7) is 5.37. The summed E-state index contributed by atoms with van der Waals surface area (Å²) in [6.07, 6.45) is 0. The molecule has 1 aromatic carbocycles. The van der Waals surface area contributed by atoms with Gasteiger partial charge in [0.1, 0.15) is 13.2 Å². The van der Waals surface area contributed by atoms with Crippen LogP contribution in [0.5, 0.6) is 11.5 Å². The van der Waals surface area contributed by atoms with Crippen LogP contribution in [0, 0.1) is 0 Å². The van der Waals surface area contributed by atoms with E-state index in [-0.39, 0.29) is 42.7 Å². The lowest BCUT2D eigenvalue weighted by atomic mass is 9.84. The summed E-state index contributed by atoms with van der Waals surface area (Å²) in [5, 5.41) is 5.25. The average Bonchev–Trinajstić information content (AvgIpc) is 2.57. The van der Waals surface area contributed by atoms with Gasteiger partial charge in [0, 0.05) is 12.0 Å². The highest BCUT2D eigenvalue weighted by Crippen LogP contribution is 2.34. The number of fused-ring (bicyclic) bond motifs is 1. The van der Waals surface area contributed by atoms with E-state index in [1.54, 1.807) is 0 Å². The first kappa shape index (κ1) is 20.1. The summed E-state index contributed by atoms with van der Waals surface area (Å²) in [6, 6.07) is 5.79. The molecule has 0 saturated carbocycles. The Morgan fingerprint density at radius 2 is 1.79 bits per heavy atom. The quantitative estimate of drug-likeness (QED) is 0.681. The third-order valence-electron chi connectivity index (χ3n) is 3.68. The first-order valence-corrected chi connectivity index (χ1v) is 7.56. The minimum atomic E-state index is -0.355. The molecule has 0 aromatic heterocycles. The number of rotatable bonds is 6. The molecule has 7 nitrogen and oxygen atoms in total. The van der Waals surface area contributed by atoms with Crippen LogP contribution in [-0.4, -0.2) is 44.7 Å². The molecule has 24 heavy (non-hydrogen) atoms. The van der Waals surface area contributed by atoms with Gasteiger partial charge in [-0.1, -0.05) is 19.9 Å². The van der Waals surface area contributed by atoms with Gasteiger partial charge < -0.3 is 25.8 Å². The summed E-state index contributed by atoms with van der Waals surface area (Å²) in [4.78, 5) is 22.8. The molecule has 134 valence electrons. The van der Waals surface area contributed by atoms with Gasteiger partial charge >= 0.3 is 0 Å². The Kier molecular flexibility index (Phi) is 7.31. The van der Waals surface area contributed by atoms with E-state index in [0.29, 0.717) is 19.8 Å². The van der Waals surface area contributed by atoms with Crippen LogP contribution in [0.4, 0.5) is 0 Å². The number of hydrogen-bond acceptors (Lipinski definition) is 5. The smallest absolute Gasteiger partial charge is 0.239 e. The normalized spacial score (nSPS) is 12.8. The Hall–Kier alpha value is -1.99. The fourth-order valence-electron chi connectivity index (χ4n) is 2.20. The van der Waals surface area contributed by atoms with Gasteiger partial charge in [0.25, 0.3) is 0 Å². The van der Waals surface area contributed by atoms with Gasteiger partial charge in [0.15, 0.2) is 11.5 Å². The average molecular weight is 358 g/mol. The Labute approximate surface area is 147 Å². The Bertz CT molecular complexity index is 593. The largest absolute Gasteiger partial charge is 0.486 e. The highest BCUT2D eigenvalue weighted by Gasteiger charge is 2.24. The highest BCUT2D eigenvalue weighted by atomic mass is 35.5. The summed E-state index contributed by atoms with van der Waals surface area (Å²) < 4.78 is 11.1. The zero-order chi connectivity index (χ0) is 16.9. The van der Waals surface area contributed by atoms with E-state index in [1.165, 1.54) is 0 Å². The fourth-order valence-corrected chi connectivity index (χ4v) is 2.20. The molecule has 0 radical (unpaired) electrons. The van der Waals surface area contributed by atoms with Gasteiger partial charge in [-0.2, -0.15) is 0 Å². The van der Waals surface area contributed by atoms with E-state index < -0.39 is 0 Å². The van der Waals surface area contributed by atoms with Crippen molar-refractivity contribution in [1.29, 1.82) is 0 Å². The number of carbonyl (C=O) groups is 2. The zero-order valence-corrected chi connectivity index (χ0v) is 14.7. The molecule has 8 heteroatoms. The SMILES string of the molecule is CC(C)(CNC(=O)CNC(=O)CN)c1ccc2c(c1)OCCO2.Cl. The van der Waals surface area contributed by atoms with Gasteiger partial charge in [-0.3, -0.25) is 9.59 Å². The van der Waals surface area contributed by atoms with E-state index >= 15 is 0 Å². The lowest BCUT2D eigenvalue weighted by molar-refractivity contribution is -0.125. The minimum Gasteiger partial charge on any atom is -0.486 e. The van der Waals surface area contributed by atoms with E-state index in [9.17, 15) is 9.59 Å². The molecular weight excluding hydrogens is 334 g/mol. The molecule has 0 fully saturated rings. The van der Waals surface area contributed by atoms with Crippen molar-refractivity contribution < 1.29 is 19.1 Å². The molecule has 0 atom stereocenters. The van der Waals surface area contributed by atoms with Gasteiger partial charge in [0.2, 0.25) is 11.8 Å². The lowest BCUT2D eigenvalue weighted by Crippen LogP contribution is -2.43. The number of ether oxygens (including phenoxy) is 2. The zero-order valence-electron chi connectivity index (χ0n) is 13.9. The molecule has 0 spiro atoms. The summed E-state index contributed by atoms with van der Waals surface area (Å²) in [7, 11) is 0. The van der Waals surface area contributed by atoms with Crippen molar-refractivity contribution in [2.24, 2.45) is 5.73 Å². The summed E-state index contributed by atoms with van der Waals surface area (Å²) in [5.74, 6) is 0.858. The van der Waals surface area contributed by atoms with Crippen molar-refractivity contribution >= 4 is 24.2 Å². The molecule has 2 rings (SSSR count). The molecule has 0 saturated heterocycles. The van der Waals surface area contributed by atoms with E-state index in [4.69, 9.17) is 15.2 Å². The maximum absolute atomic E-state index is 11.8. The lowest BCUT2D eigenvalue weighted by Gasteiger charge is -2.27. The van der Waals surface area contributed by atoms with Crippen LogP contribution >= 0.6 is 12.4 Å². The van der Waals surface area contributed by atoms with Crippen LogP contribution in [0.1, 0.15) is 19.4 Å². The third-order valence-corrected chi connectivity index (χ3v) is 3.68. The monoisotopic (exact) mass is 357 g/mol. The van der Waals surface area contributed by atoms with Crippen molar-refractivity contribution in [2.75, 3.05) is 32.8 Å². The maximum Gasteiger partial charge on any atom is 0.239 e. The van der Waals surface area contributed by atoms with Gasteiger partial charge in [0.05, 0.1) is 13.1 Å². The first-order chi connectivity index (χ1) is 10.9. The Morgan fingerprint density at radius 1 is 1.12 bits per heavy atom. The van der Waals surface area contributed by atoms with Crippen LogP contribution in [0.25, 0.3) is 0 Å². The molecule has 1 aromatic rings. The van der Waals surface area contributed by atoms with Crippen LogP contribution in [0.3, 0.4) is 0 Å². The second kappa shape index (κ2) is 8.75. The molecular formula is C16H24ClN3O4. The van der Waals surface area contributed by atoms with E-state index in [0.717, 1.165) is 17.1 Å². The number of nitrogens with two attached hydrogens (primary N) is 1. The molecule has 0 bridgehead atoms. The van der Waals surface area contributed by atoms with Gasteiger partial charge in [-0.25, -0.2) is 0 Å². The number of halogens is 1. The number of amides is 2. The van der Waals surface area contributed by atoms with Crippen LogP contribution in [-0.2, 0) is 15.0 Å². The second-order valence-electron chi connectivity index (χ2n) is 6.00. The van der Waals surface area contributed by atoms with Crippen molar-refractivity contribution in [3.05, 3.63) is 23.8 Å². The van der Waals surface area contributed by atoms with Gasteiger partial charge in [-0.15, -0.1) is 12.4 Å². The van der Waals surface area contributed by atoms with Gasteiger partial charge in [-0.05, 0) is 17.7 Å². The molecule has 0 unspecified atom stereocenters. The molecule has 2 amide bonds. The second-order valence-corrected chi connectivity index (χ2v) is 6.00. The molecule has 4 N–H and O–H groups in total. The number of nitrogens with one attached hydrogen (secondary N) is 2. The number of hydrogen-bond donors (Lipinski definition) is 3. The summed E-state index contributed by atoms with van der Waals surface area (Å²) >= 11 is 0. The predicted octanol–water partition coefficient (Wildman–Crippen LogP) is 0.348. The third kappa shape index (κ3) is 5.28. The molecule has 1 aliphatic rings. The predicted molar refractivity (Wildman–Crippen MR) is 92.8 cm³/mol. The van der Waals surface area contributed by atoms with Crippen LogP contribution in [0.2, 0.25) is 0 Å².